The highest BCUT2D eigenvalue weighted by atomic mass is 35.5. The molecule has 1 atom stereocenters. The van der Waals surface area contributed by atoms with Crippen molar-refractivity contribution in [3.05, 3.63) is 17.0 Å². The van der Waals surface area contributed by atoms with E-state index in [-0.39, 0.29) is 18.3 Å². The Morgan fingerprint density at radius 2 is 2.11 bits per heavy atom. The minimum Gasteiger partial charge on any atom is -0.361 e. The normalized spacial score (nSPS) is 13.5. The zero-order valence-corrected chi connectivity index (χ0v) is 12.9. The number of amides is 1. The second-order valence-electron chi connectivity index (χ2n) is 4.98. The Bertz CT molecular complexity index is 397. The predicted molar refractivity (Wildman–Crippen MR) is 77.4 cm³/mol. The molecule has 19 heavy (non-hydrogen) atoms. The number of halogens is 1. The molecule has 110 valence electrons. The SMILES string of the molecule is CCCC(C)(N)C(=O)NCCc1c(C)noc1C.Cl. The van der Waals surface area contributed by atoms with Gasteiger partial charge in [0.2, 0.25) is 5.91 Å². The van der Waals surface area contributed by atoms with Gasteiger partial charge in [-0.25, -0.2) is 0 Å². The highest BCUT2D eigenvalue weighted by Gasteiger charge is 2.26. The van der Waals surface area contributed by atoms with Crippen LogP contribution in [0.1, 0.15) is 43.7 Å². The first-order chi connectivity index (χ1) is 8.38. The fourth-order valence-electron chi connectivity index (χ4n) is 1.99. The molecule has 0 saturated carbocycles. The molecule has 0 fully saturated rings. The first kappa shape index (κ1) is 17.9. The molecule has 0 spiro atoms. The predicted octanol–water partition coefficient (Wildman–Crippen LogP) is 1.89. The van der Waals surface area contributed by atoms with Crippen molar-refractivity contribution in [2.75, 3.05) is 6.54 Å². The van der Waals surface area contributed by atoms with E-state index in [2.05, 4.69) is 10.5 Å². The Balaban J connectivity index is 0.00000324. The molecule has 0 radical (unpaired) electrons. The number of rotatable bonds is 6. The van der Waals surface area contributed by atoms with Crippen molar-refractivity contribution >= 4 is 18.3 Å². The molecule has 1 unspecified atom stereocenters. The van der Waals surface area contributed by atoms with Gasteiger partial charge in [0.05, 0.1) is 11.2 Å². The number of nitrogens with one attached hydrogen (secondary N) is 1. The van der Waals surface area contributed by atoms with Gasteiger partial charge in [-0.1, -0.05) is 18.5 Å². The molecule has 6 heteroatoms. The van der Waals surface area contributed by atoms with Crippen molar-refractivity contribution in [3.63, 3.8) is 0 Å². The lowest BCUT2D eigenvalue weighted by atomic mass is 9.96. The molecule has 0 bridgehead atoms. The Morgan fingerprint density at radius 1 is 1.47 bits per heavy atom. The molecule has 1 aromatic heterocycles. The van der Waals surface area contributed by atoms with Gasteiger partial charge in [0, 0.05) is 12.1 Å². The molecule has 0 aliphatic heterocycles. The van der Waals surface area contributed by atoms with E-state index in [1.807, 2.05) is 20.8 Å². The van der Waals surface area contributed by atoms with Crippen molar-refractivity contribution in [1.82, 2.24) is 10.5 Å². The van der Waals surface area contributed by atoms with E-state index >= 15 is 0 Å². The molecular formula is C13H24ClN3O2. The van der Waals surface area contributed by atoms with Crippen LogP contribution in [0.4, 0.5) is 0 Å². The molecular weight excluding hydrogens is 266 g/mol. The summed E-state index contributed by atoms with van der Waals surface area (Å²) in [5.41, 5.74) is 7.10. The molecule has 0 aliphatic carbocycles. The summed E-state index contributed by atoms with van der Waals surface area (Å²) >= 11 is 0. The number of hydrogen-bond acceptors (Lipinski definition) is 4. The van der Waals surface area contributed by atoms with Crippen molar-refractivity contribution < 1.29 is 9.32 Å². The average Bonchev–Trinajstić information content (AvgIpc) is 2.60. The first-order valence-corrected chi connectivity index (χ1v) is 6.37. The quantitative estimate of drug-likeness (QED) is 0.838. The van der Waals surface area contributed by atoms with Crippen molar-refractivity contribution in [2.45, 2.75) is 52.5 Å². The van der Waals surface area contributed by atoms with Crippen molar-refractivity contribution in [1.29, 1.82) is 0 Å². The molecule has 1 aromatic rings. The molecule has 5 nitrogen and oxygen atoms in total. The third kappa shape index (κ3) is 4.84. The topological polar surface area (TPSA) is 81.2 Å². The number of aromatic nitrogens is 1. The van der Waals surface area contributed by atoms with Gasteiger partial charge in [-0.05, 0) is 33.6 Å². The van der Waals surface area contributed by atoms with Gasteiger partial charge < -0.3 is 15.6 Å². The third-order valence-electron chi connectivity index (χ3n) is 3.13. The minimum atomic E-state index is -0.784. The van der Waals surface area contributed by atoms with Crippen molar-refractivity contribution in [2.24, 2.45) is 5.73 Å². The second-order valence-corrected chi connectivity index (χ2v) is 4.98. The lowest BCUT2D eigenvalue weighted by molar-refractivity contribution is -0.126. The van der Waals surface area contributed by atoms with Gasteiger partial charge in [0.15, 0.2) is 0 Å². The zero-order chi connectivity index (χ0) is 13.8. The summed E-state index contributed by atoms with van der Waals surface area (Å²) in [6.45, 7) is 8.11. The van der Waals surface area contributed by atoms with Gasteiger partial charge >= 0.3 is 0 Å². The zero-order valence-electron chi connectivity index (χ0n) is 12.1. The summed E-state index contributed by atoms with van der Waals surface area (Å²) in [4.78, 5) is 11.9. The fourth-order valence-corrected chi connectivity index (χ4v) is 1.99. The monoisotopic (exact) mass is 289 g/mol. The summed E-state index contributed by atoms with van der Waals surface area (Å²) < 4.78 is 5.07. The van der Waals surface area contributed by atoms with E-state index in [1.54, 1.807) is 6.92 Å². The van der Waals surface area contributed by atoms with Gasteiger partial charge in [-0.15, -0.1) is 12.4 Å². The number of aryl methyl sites for hydroxylation is 2. The maximum absolute atomic E-state index is 11.9. The molecule has 3 N–H and O–H groups in total. The van der Waals surface area contributed by atoms with E-state index < -0.39 is 5.54 Å². The summed E-state index contributed by atoms with van der Waals surface area (Å²) in [7, 11) is 0. The van der Waals surface area contributed by atoms with E-state index in [0.29, 0.717) is 13.0 Å². The Kier molecular flexibility index (Phi) is 7.08. The Labute approximate surface area is 120 Å². The standard InChI is InChI=1S/C13H23N3O2.ClH/c1-5-7-13(4,14)12(17)15-8-6-11-9(2)16-18-10(11)3;/h5-8,14H2,1-4H3,(H,15,17);1H. The van der Waals surface area contributed by atoms with E-state index in [1.165, 1.54) is 0 Å². The molecule has 0 saturated heterocycles. The number of carbonyl (C=O) groups excluding carboxylic acids is 1. The Morgan fingerprint density at radius 3 is 2.58 bits per heavy atom. The van der Waals surface area contributed by atoms with Crippen LogP contribution in [-0.4, -0.2) is 23.1 Å². The van der Waals surface area contributed by atoms with Crippen LogP contribution in [0.15, 0.2) is 4.52 Å². The number of nitrogens with zero attached hydrogens (tertiary/aromatic N) is 1. The third-order valence-corrected chi connectivity index (χ3v) is 3.13. The lowest BCUT2D eigenvalue weighted by Crippen LogP contribution is -2.51. The van der Waals surface area contributed by atoms with Crippen LogP contribution in [-0.2, 0) is 11.2 Å². The molecule has 0 aliphatic rings. The van der Waals surface area contributed by atoms with Crippen LogP contribution in [0, 0.1) is 13.8 Å². The van der Waals surface area contributed by atoms with Crippen molar-refractivity contribution in [3.8, 4) is 0 Å². The Hall–Kier alpha value is -1.07. The molecule has 1 heterocycles. The maximum atomic E-state index is 11.9. The molecule has 1 amide bonds. The number of hydrogen-bond donors (Lipinski definition) is 2. The second kappa shape index (κ2) is 7.50. The molecule has 0 aromatic carbocycles. The summed E-state index contributed by atoms with van der Waals surface area (Å²) in [5, 5.41) is 6.75. The minimum absolute atomic E-state index is 0. The highest BCUT2D eigenvalue weighted by molar-refractivity contribution is 5.85. The van der Waals surface area contributed by atoms with E-state index in [4.69, 9.17) is 10.3 Å². The maximum Gasteiger partial charge on any atom is 0.239 e. The highest BCUT2D eigenvalue weighted by Crippen LogP contribution is 2.12. The summed E-state index contributed by atoms with van der Waals surface area (Å²) in [6.07, 6.45) is 2.30. The van der Waals surface area contributed by atoms with E-state index in [0.717, 1.165) is 29.9 Å². The van der Waals surface area contributed by atoms with Crippen LogP contribution in [0.5, 0.6) is 0 Å². The van der Waals surface area contributed by atoms with Crippen LogP contribution < -0.4 is 11.1 Å². The first-order valence-electron chi connectivity index (χ1n) is 6.37. The fraction of sp³-hybridized carbons (Fsp3) is 0.692. The average molecular weight is 290 g/mol. The van der Waals surface area contributed by atoms with Crippen LogP contribution in [0.25, 0.3) is 0 Å². The van der Waals surface area contributed by atoms with Crippen LogP contribution in [0.3, 0.4) is 0 Å². The molecule has 1 rings (SSSR count). The lowest BCUT2D eigenvalue weighted by Gasteiger charge is -2.22. The van der Waals surface area contributed by atoms with Crippen LogP contribution in [0.2, 0.25) is 0 Å². The van der Waals surface area contributed by atoms with Gasteiger partial charge in [0.1, 0.15) is 5.76 Å². The summed E-state index contributed by atoms with van der Waals surface area (Å²) in [6, 6.07) is 0. The summed E-state index contributed by atoms with van der Waals surface area (Å²) in [5.74, 6) is 0.710. The van der Waals surface area contributed by atoms with Gasteiger partial charge in [-0.2, -0.15) is 0 Å². The smallest absolute Gasteiger partial charge is 0.239 e. The van der Waals surface area contributed by atoms with Gasteiger partial charge in [-0.3, -0.25) is 4.79 Å². The van der Waals surface area contributed by atoms with Gasteiger partial charge in [0.25, 0.3) is 0 Å². The van der Waals surface area contributed by atoms with E-state index in [9.17, 15) is 4.79 Å². The van der Waals surface area contributed by atoms with Crippen LogP contribution >= 0.6 is 12.4 Å². The number of carbonyl (C=O) groups is 1. The largest absolute Gasteiger partial charge is 0.361 e. The number of nitrogens with two attached hydrogens (primary N) is 1.